The van der Waals surface area contributed by atoms with Gasteiger partial charge in [0.15, 0.2) is 11.6 Å². The van der Waals surface area contributed by atoms with E-state index in [1.807, 2.05) is 36.4 Å². The Bertz CT molecular complexity index is 597. The molecule has 0 atom stereocenters. The van der Waals surface area contributed by atoms with Crippen LogP contribution in [0.2, 0.25) is 0 Å². The molecule has 0 spiro atoms. The van der Waals surface area contributed by atoms with E-state index in [0.717, 1.165) is 43.9 Å². The monoisotopic (exact) mass is 300 g/mol. The average Bonchev–Trinajstić information content (AvgIpc) is 2.56. The Labute approximate surface area is 130 Å². The lowest BCUT2D eigenvalue weighted by Crippen LogP contribution is -2.42. The van der Waals surface area contributed by atoms with Crippen LogP contribution in [0.1, 0.15) is 11.1 Å². The lowest BCUT2D eigenvalue weighted by Gasteiger charge is -2.27. The van der Waals surface area contributed by atoms with E-state index in [4.69, 9.17) is 4.74 Å². The van der Waals surface area contributed by atoms with Gasteiger partial charge in [0.05, 0.1) is 0 Å². The smallest absolute Gasteiger partial charge is 0.165 e. The molecule has 3 rings (SSSR count). The van der Waals surface area contributed by atoms with Gasteiger partial charge in [0.25, 0.3) is 0 Å². The molecule has 3 nitrogen and oxygen atoms in total. The van der Waals surface area contributed by atoms with Gasteiger partial charge in [-0.05, 0) is 23.3 Å². The van der Waals surface area contributed by atoms with E-state index in [0.29, 0.717) is 12.4 Å². The molecule has 1 fully saturated rings. The molecule has 0 amide bonds. The average molecular weight is 300 g/mol. The van der Waals surface area contributed by atoms with Crippen molar-refractivity contribution in [2.75, 3.05) is 26.2 Å². The van der Waals surface area contributed by atoms with Crippen molar-refractivity contribution in [2.45, 2.75) is 13.2 Å². The molecular formula is C18H21FN2O. The van der Waals surface area contributed by atoms with Gasteiger partial charge in [0, 0.05) is 32.7 Å². The summed E-state index contributed by atoms with van der Waals surface area (Å²) in [7, 11) is 0. The Morgan fingerprint density at radius 1 is 1.00 bits per heavy atom. The fourth-order valence-corrected chi connectivity index (χ4v) is 2.62. The van der Waals surface area contributed by atoms with E-state index >= 15 is 0 Å². The number of rotatable bonds is 5. The summed E-state index contributed by atoms with van der Waals surface area (Å²) < 4.78 is 19.7. The third-order valence-corrected chi connectivity index (χ3v) is 3.85. The van der Waals surface area contributed by atoms with Crippen molar-refractivity contribution in [2.24, 2.45) is 0 Å². The van der Waals surface area contributed by atoms with E-state index < -0.39 is 0 Å². The van der Waals surface area contributed by atoms with Crippen molar-refractivity contribution >= 4 is 0 Å². The van der Waals surface area contributed by atoms with Gasteiger partial charge in [-0.15, -0.1) is 0 Å². The van der Waals surface area contributed by atoms with Crippen LogP contribution in [-0.2, 0) is 13.2 Å². The fourth-order valence-electron chi connectivity index (χ4n) is 2.62. The number of benzene rings is 2. The van der Waals surface area contributed by atoms with Crippen molar-refractivity contribution in [3.63, 3.8) is 0 Å². The van der Waals surface area contributed by atoms with Crippen molar-refractivity contribution < 1.29 is 9.13 Å². The van der Waals surface area contributed by atoms with Gasteiger partial charge in [-0.25, -0.2) is 4.39 Å². The molecule has 22 heavy (non-hydrogen) atoms. The van der Waals surface area contributed by atoms with Crippen LogP contribution in [0, 0.1) is 5.82 Å². The van der Waals surface area contributed by atoms with Gasteiger partial charge in [-0.1, -0.05) is 36.4 Å². The molecule has 0 radical (unpaired) electrons. The van der Waals surface area contributed by atoms with E-state index in [1.54, 1.807) is 12.1 Å². The molecule has 0 unspecified atom stereocenters. The molecule has 0 saturated carbocycles. The van der Waals surface area contributed by atoms with E-state index in [1.165, 1.54) is 0 Å². The summed E-state index contributed by atoms with van der Waals surface area (Å²) in [6, 6.07) is 15.1. The summed E-state index contributed by atoms with van der Waals surface area (Å²) in [6.45, 7) is 5.19. The van der Waals surface area contributed by atoms with Gasteiger partial charge in [-0.2, -0.15) is 0 Å². The van der Waals surface area contributed by atoms with Crippen molar-refractivity contribution in [1.29, 1.82) is 0 Å². The van der Waals surface area contributed by atoms with Gasteiger partial charge < -0.3 is 10.1 Å². The van der Waals surface area contributed by atoms with Gasteiger partial charge in [0.1, 0.15) is 6.61 Å². The summed E-state index contributed by atoms with van der Waals surface area (Å²) in [5.74, 6) is 0.0245. The first-order valence-electron chi connectivity index (χ1n) is 7.69. The van der Waals surface area contributed by atoms with Gasteiger partial charge in [-0.3, -0.25) is 4.90 Å². The fraction of sp³-hybridized carbons (Fsp3) is 0.333. The second kappa shape index (κ2) is 7.38. The molecule has 2 aromatic rings. The largest absolute Gasteiger partial charge is 0.486 e. The minimum atomic E-state index is -0.288. The quantitative estimate of drug-likeness (QED) is 0.919. The third kappa shape index (κ3) is 4.06. The Balaban J connectivity index is 1.59. The van der Waals surface area contributed by atoms with Crippen molar-refractivity contribution in [1.82, 2.24) is 10.2 Å². The standard InChI is InChI=1S/C18H21FN2O/c19-17-12-16(13-21-10-8-20-9-11-21)6-7-18(17)22-14-15-4-2-1-3-5-15/h1-7,12,20H,8-11,13-14H2. The molecule has 0 aliphatic carbocycles. The topological polar surface area (TPSA) is 24.5 Å². The number of nitrogens with zero attached hydrogens (tertiary/aromatic N) is 1. The Morgan fingerprint density at radius 2 is 1.77 bits per heavy atom. The highest BCUT2D eigenvalue weighted by Crippen LogP contribution is 2.20. The maximum atomic E-state index is 14.2. The zero-order chi connectivity index (χ0) is 15.2. The van der Waals surface area contributed by atoms with Crippen LogP contribution in [0.3, 0.4) is 0 Å². The van der Waals surface area contributed by atoms with E-state index in [2.05, 4.69) is 10.2 Å². The summed E-state index contributed by atoms with van der Waals surface area (Å²) in [5.41, 5.74) is 2.03. The molecule has 0 bridgehead atoms. The minimum Gasteiger partial charge on any atom is -0.486 e. The first-order chi connectivity index (χ1) is 10.8. The minimum absolute atomic E-state index is 0.288. The highest BCUT2D eigenvalue weighted by Gasteiger charge is 2.11. The maximum absolute atomic E-state index is 14.2. The molecule has 0 aromatic heterocycles. The first-order valence-corrected chi connectivity index (χ1v) is 7.69. The Morgan fingerprint density at radius 3 is 2.50 bits per heavy atom. The molecule has 1 heterocycles. The number of hydrogen-bond donors (Lipinski definition) is 1. The maximum Gasteiger partial charge on any atom is 0.165 e. The van der Waals surface area contributed by atoms with Crippen LogP contribution in [0.4, 0.5) is 4.39 Å². The normalized spacial score (nSPS) is 15.7. The van der Waals surface area contributed by atoms with Crippen LogP contribution in [0.15, 0.2) is 48.5 Å². The summed E-state index contributed by atoms with van der Waals surface area (Å²) in [6.07, 6.45) is 0. The number of ether oxygens (including phenoxy) is 1. The molecule has 1 aliphatic rings. The van der Waals surface area contributed by atoms with E-state index in [-0.39, 0.29) is 5.82 Å². The first kappa shape index (κ1) is 15.0. The number of hydrogen-bond acceptors (Lipinski definition) is 3. The SMILES string of the molecule is Fc1cc(CN2CCNCC2)ccc1OCc1ccccc1. The second-order valence-corrected chi connectivity index (χ2v) is 5.57. The second-order valence-electron chi connectivity index (χ2n) is 5.57. The predicted octanol–water partition coefficient (Wildman–Crippen LogP) is 2.81. The van der Waals surface area contributed by atoms with Gasteiger partial charge >= 0.3 is 0 Å². The molecule has 1 N–H and O–H groups in total. The zero-order valence-electron chi connectivity index (χ0n) is 12.6. The molecule has 1 aliphatic heterocycles. The predicted molar refractivity (Wildman–Crippen MR) is 85.3 cm³/mol. The number of halogens is 1. The van der Waals surface area contributed by atoms with Gasteiger partial charge in [0.2, 0.25) is 0 Å². The summed E-state index contributed by atoms with van der Waals surface area (Å²) in [4.78, 5) is 2.33. The molecule has 4 heteroatoms. The van der Waals surface area contributed by atoms with Crippen molar-refractivity contribution in [3.05, 3.63) is 65.5 Å². The Hall–Kier alpha value is -1.91. The lowest BCUT2D eigenvalue weighted by atomic mass is 10.2. The molecule has 2 aromatic carbocycles. The number of piperazine rings is 1. The zero-order valence-corrected chi connectivity index (χ0v) is 12.6. The van der Waals surface area contributed by atoms with E-state index in [9.17, 15) is 4.39 Å². The Kier molecular flexibility index (Phi) is 5.03. The highest BCUT2D eigenvalue weighted by molar-refractivity contribution is 5.30. The molecule has 116 valence electrons. The third-order valence-electron chi connectivity index (χ3n) is 3.85. The van der Waals surface area contributed by atoms with Crippen molar-refractivity contribution in [3.8, 4) is 5.75 Å². The van der Waals surface area contributed by atoms with Crippen LogP contribution >= 0.6 is 0 Å². The highest BCUT2D eigenvalue weighted by atomic mass is 19.1. The molecule has 1 saturated heterocycles. The van der Waals surface area contributed by atoms with Crippen LogP contribution < -0.4 is 10.1 Å². The van der Waals surface area contributed by atoms with Crippen LogP contribution in [-0.4, -0.2) is 31.1 Å². The summed E-state index contributed by atoms with van der Waals surface area (Å²) in [5, 5.41) is 3.32. The van der Waals surface area contributed by atoms with Crippen LogP contribution in [0.25, 0.3) is 0 Å². The molecular weight excluding hydrogens is 279 g/mol. The summed E-state index contributed by atoms with van der Waals surface area (Å²) >= 11 is 0. The lowest BCUT2D eigenvalue weighted by molar-refractivity contribution is 0.232. The van der Waals surface area contributed by atoms with Crippen LogP contribution in [0.5, 0.6) is 5.75 Å². The number of nitrogens with one attached hydrogen (secondary N) is 1.